The van der Waals surface area contributed by atoms with Crippen LogP contribution in [-0.4, -0.2) is 35.4 Å². The third-order valence-electron chi connectivity index (χ3n) is 2.40. The molecule has 1 atom stereocenters. The predicted molar refractivity (Wildman–Crippen MR) is 71.1 cm³/mol. The molecule has 0 heterocycles. The van der Waals surface area contributed by atoms with Crippen LogP contribution in [0.5, 0.6) is 0 Å². The molecule has 0 aromatic rings. The van der Waals surface area contributed by atoms with Crippen molar-refractivity contribution in [1.82, 2.24) is 4.90 Å². The first-order chi connectivity index (χ1) is 8.04. The fraction of sp³-hybridized carbons (Fsp3) is 0.538. The molecule has 0 rings (SSSR count). The number of hydrogen-bond donors (Lipinski definition) is 1. The van der Waals surface area contributed by atoms with Gasteiger partial charge in [0.1, 0.15) is 0 Å². The molecule has 0 saturated heterocycles. The van der Waals surface area contributed by atoms with Crippen LogP contribution in [0.3, 0.4) is 0 Å². The van der Waals surface area contributed by atoms with E-state index in [1.54, 1.807) is 19.3 Å². The second-order valence-electron chi connectivity index (χ2n) is 3.82. The molecule has 0 saturated carbocycles. The second kappa shape index (κ2) is 8.56. The van der Waals surface area contributed by atoms with Crippen LogP contribution in [-0.2, 0) is 4.79 Å². The molecule has 0 aromatic carbocycles. The molecule has 0 aliphatic rings. The molecule has 4 nitrogen and oxygen atoms in total. The molecule has 0 aliphatic carbocycles. The molecule has 0 amide bonds. The highest BCUT2D eigenvalue weighted by molar-refractivity contribution is 5.70. The normalized spacial score (nSPS) is 13.7. The summed E-state index contributed by atoms with van der Waals surface area (Å²) in [6.07, 6.45) is 6.09. The molecule has 0 unspecified atom stereocenters. The minimum absolute atomic E-state index is 0.394. The van der Waals surface area contributed by atoms with Crippen molar-refractivity contribution in [3.05, 3.63) is 24.4 Å². The molecule has 1 N–H and O–H groups in total. The van der Waals surface area contributed by atoms with Gasteiger partial charge in [-0.05, 0) is 19.4 Å². The second-order valence-corrected chi connectivity index (χ2v) is 3.82. The van der Waals surface area contributed by atoms with Crippen LogP contribution in [0.15, 0.2) is 29.4 Å². The highest BCUT2D eigenvalue weighted by atomic mass is 16.4. The van der Waals surface area contributed by atoms with Crippen LogP contribution in [0.25, 0.3) is 0 Å². The third-order valence-corrected chi connectivity index (χ3v) is 2.40. The molecule has 0 bridgehead atoms. The topological polar surface area (TPSA) is 52.9 Å². The van der Waals surface area contributed by atoms with Crippen molar-refractivity contribution >= 4 is 12.3 Å². The zero-order valence-electron chi connectivity index (χ0n) is 10.9. The number of nitrogens with zero attached hydrogens (tertiary/aromatic N) is 2. The summed E-state index contributed by atoms with van der Waals surface area (Å²) in [5.41, 5.74) is 0.932. The van der Waals surface area contributed by atoms with Gasteiger partial charge in [-0.15, -0.1) is 0 Å². The van der Waals surface area contributed by atoms with Crippen LogP contribution < -0.4 is 0 Å². The molecule has 17 heavy (non-hydrogen) atoms. The first-order valence-corrected chi connectivity index (χ1v) is 5.87. The molecule has 0 fully saturated rings. The Morgan fingerprint density at radius 1 is 1.53 bits per heavy atom. The number of carbonyl (C=O) groups is 1. The Morgan fingerprint density at radius 2 is 2.18 bits per heavy atom. The zero-order chi connectivity index (χ0) is 13.3. The van der Waals surface area contributed by atoms with Crippen LogP contribution in [0.4, 0.5) is 0 Å². The van der Waals surface area contributed by atoms with Gasteiger partial charge in [0, 0.05) is 18.8 Å². The molecule has 0 aromatic heterocycles. The Labute approximate surface area is 103 Å². The molecular weight excluding hydrogens is 216 g/mol. The van der Waals surface area contributed by atoms with Gasteiger partial charge in [0.25, 0.3) is 0 Å². The van der Waals surface area contributed by atoms with Gasteiger partial charge < -0.3 is 10.0 Å². The standard InChI is InChI=1S/C13H22N2O2/c1-5-8-12(6-2)14-10-15(7-3)9-11(4)13(16)17/h5,8,10-11H,1,6-7,9H2,2-4H3,(H,16,17)/b12-8+,14-10-/t11-/m1/s1. The average Bonchev–Trinajstić information content (AvgIpc) is 2.31. The number of aliphatic carboxylic acids is 1. The SMILES string of the molecule is C=C/C=C(CC)/N=C\N(CC)C[C@@H](C)C(=O)O. The van der Waals surface area contributed by atoms with E-state index in [9.17, 15) is 4.79 Å². The zero-order valence-corrected chi connectivity index (χ0v) is 10.9. The largest absolute Gasteiger partial charge is 0.481 e. The van der Waals surface area contributed by atoms with Gasteiger partial charge in [-0.1, -0.05) is 26.5 Å². The van der Waals surface area contributed by atoms with Crippen LogP contribution >= 0.6 is 0 Å². The summed E-state index contributed by atoms with van der Waals surface area (Å²) < 4.78 is 0. The molecular formula is C13H22N2O2. The molecule has 0 radical (unpaired) electrons. The quantitative estimate of drug-likeness (QED) is 0.401. The first-order valence-electron chi connectivity index (χ1n) is 5.87. The van der Waals surface area contributed by atoms with Crippen LogP contribution in [0.2, 0.25) is 0 Å². The summed E-state index contributed by atoms with van der Waals surface area (Å²) in [5, 5.41) is 8.84. The smallest absolute Gasteiger partial charge is 0.308 e. The number of carboxylic acid groups (broad SMARTS) is 1. The fourth-order valence-electron chi connectivity index (χ4n) is 1.23. The van der Waals surface area contributed by atoms with E-state index >= 15 is 0 Å². The summed E-state index contributed by atoms with van der Waals surface area (Å²) in [6.45, 7) is 10.5. The Kier molecular flexibility index (Phi) is 7.76. The molecule has 4 heteroatoms. The van der Waals surface area contributed by atoms with Gasteiger partial charge in [-0.2, -0.15) is 0 Å². The maximum atomic E-state index is 10.8. The van der Waals surface area contributed by atoms with Gasteiger partial charge in [0.2, 0.25) is 0 Å². The van der Waals surface area contributed by atoms with Crippen molar-refractivity contribution in [2.45, 2.75) is 27.2 Å². The summed E-state index contributed by atoms with van der Waals surface area (Å²) in [4.78, 5) is 17.0. The number of rotatable bonds is 8. The lowest BCUT2D eigenvalue weighted by Crippen LogP contribution is -2.30. The van der Waals surface area contributed by atoms with E-state index in [2.05, 4.69) is 11.6 Å². The highest BCUT2D eigenvalue weighted by Crippen LogP contribution is 2.03. The molecule has 0 spiro atoms. The van der Waals surface area contributed by atoms with E-state index in [0.717, 1.165) is 18.7 Å². The van der Waals surface area contributed by atoms with Crippen molar-refractivity contribution in [3.8, 4) is 0 Å². The van der Waals surface area contributed by atoms with Crippen molar-refractivity contribution in [1.29, 1.82) is 0 Å². The number of hydrogen-bond acceptors (Lipinski definition) is 2. The lowest BCUT2D eigenvalue weighted by atomic mass is 10.2. The fourth-order valence-corrected chi connectivity index (χ4v) is 1.23. The lowest BCUT2D eigenvalue weighted by molar-refractivity contribution is -0.141. The van der Waals surface area contributed by atoms with E-state index in [1.807, 2.05) is 24.8 Å². The van der Waals surface area contributed by atoms with E-state index in [-0.39, 0.29) is 0 Å². The maximum Gasteiger partial charge on any atom is 0.308 e. The Bertz CT molecular complexity index is 309. The van der Waals surface area contributed by atoms with E-state index in [0.29, 0.717) is 6.54 Å². The predicted octanol–water partition coefficient (Wildman–Crippen LogP) is 2.54. The first kappa shape index (κ1) is 15.4. The monoisotopic (exact) mass is 238 g/mol. The number of carboxylic acids is 1. The summed E-state index contributed by atoms with van der Waals surface area (Å²) in [5.74, 6) is -1.18. The van der Waals surface area contributed by atoms with Crippen LogP contribution in [0, 0.1) is 5.92 Å². The Hall–Kier alpha value is -1.58. The van der Waals surface area contributed by atoms with Gasteiger partial charge in [-0.25, -0.2) is 4.99 Å². The lowest BCUT2D eigenvalue weighted by Gasteiger charge is -2.19. The van der Waals surface area contributed by atoms with E-state index < -0.39 is 11.9 Å². The van der Waals surface area contributed by atoms with E-state index in [1.165, 1.54) is 0 Å². The maximum absolute atomic E-state index is 10.8. The third kappa shape index (κ3) is 6.56. The van der Waals surface area contributed by atoms with Crippen molar-refractivity contribution in [2.75, 3.05) is 13.1 Å². The Balaban J connectivity index is 4.48. The van der Waals surface area contributed by atoms with E-state index in [4.69, 9.17) is 5.11 Å². The highest BCUT2D eigenvalue weighted by Gasteiger charge is 2.13. The van der Waals surface area contributed by atoms with Crippen molar-refractivity contribution in [3.63, 3.8) is 0 Å². The van der Waals surface area contributed by atoms with Gasteiger partial charge in [0.15, 0.2) is 0 Å². The minimum atomic E-state index is -0.783. The van der Waals surface area contributed by atoms with Crippen molar-refractivity contribution in [2.24, 2.45) is 10.9 Å². The van der Waals surface area contributed by atoms with Gasteiger partial charge >= 0.3 is 5.97 Å². The molecule has 0 aliphatic heterocycles. The summed E-state index contributed by atoms with van der Waals surface area (Å²) in [7, 11) is 0. The van der Waals surface area contributed by atoms with Crippen molar-refractivity contribution < 1.29 is 9.90 Å². The minimum Gasteiger partial charge on any atom is -0.481 e. The van der Waals surface area contributed by atoms with Crippen LogP contribution in [0.1, 0.15) is 27.2 Å². The number of aliphatic imine (C=N–C) groups is 1. The Morgan fingerprint density at radius 3 is 2.59 bits per heavy atom. The molecule has 96 valence electrons. The van der Waals surface area contributed by atoms with Gasteiger partial charge in [-0.3, -0.25) is 4.79 Å². The summed E-state index contributed by atoms with van der Waals surface area (Å²) >= 11 is 0. The van der Waals surface area contributed by atoms with Gasteiger partial charge in [0.05, 0.1) is 12.3 Å². The average molecular weight is 238 g/mol. The number of allylic oxidation sites excluding steroid dienone is 3. The summed E-state index contributed by atoms with van der Waals surface area (Å²) in [6, 6.07) is 0.